The second kappa shape index (κ2) is 7.15. The van der Waals surface area contributed by atoms with Crippen molar-refractivity contribution in [2.45, 2.75) is 17.1 Å². The van der Waals surface area contributed by atoms with Crippen LogP contribution in [0.1, 0.15) is 17.6 Å². The van der Waals surface area contributed by atoms with E-state index in [4.69, 9.17) is 37.1 Å². The minimum atomic E-state index is -0.420. The van der Waals surface area contributed by atoms with E-state index in [0.717, 1.165) is 5.56 Å². The van der Waals surface area contributed by atoms with Crippen LogP contribution in [0.15, 0.2) is 52.1 Å². The Bertz CT molecular complexity index is 903. The van der Waals surface area contributed by atoms with Crippen molar-refractivity contribution >= 4 is 35.0 Å². The number of benzene rings is 2. The molecule has 1 aromatic heterocycles. The number of hydrogen-bond acceptors (Lipinski definition) is 6. The molecule has 1 atom stereocenters. The Balaban J connectivity index is 1.42. The summed E-state index contributed by atoms with van der Waals surface area (Å²) in [7, 11) is 0. The fraction of sp³-hybridized carbons (Fsp3) is 0.176. The molecule has 25 heavy (non-hydrogen) atoms. The first-order chi connectivity index (χ1) is 12.2. The lowest BCUT2D eigenvalue weighted by molar-refractivity contribution is 0.0686. The summed E-state index contributed by atoms with van der Waals surface area (Å²) in [6.07, 6.45) is -0.420. The fourth-order valence-corrected chi connectivity index (χ4v) is 3.66. The van der Waals surface area contributed by atoms with Gasteiger partial charge in [0, 0.05) is 15.8 Å². The van der Waals surface area contributed by atoms with Gasteiger partial charge in [0.1, 0.15) is 6.61 Å². The molecule has 1 aliphatic rings. The first-order valence-electron chi connectivity index (χ1n) is 7.47. The van der Waals surface area contributed by atoms with E-state index in [1.54, 1.807) is 12.1 Å². The van der Waals surface area contributed by atoms with Crippen LogP contribution in [0.2, 0.25) is 10.0 Å². The predicted octanol–water partition coefficient (Wildman–Crippen LogP) is 5.18. The minimum Gasteiger partial charge on any atom is -0.485 e. The second-order valence-electron chi connectivity index (χ2n) is 5.29. The molecular formula is C17H12Cl2N2O3S. The van der Waals surface area contributed by atoms with Crippen LogP contribution in [-0.2, 0) is 5.75 Å². The highest BCUT2D eigenvalue weighted by atomic mass is 35.5. The Morgan fingerprint density at radius 2 is 1.92 bits per heavy atom. The number of hydrogen-bond donors (Lipinski definition) is 0. The molecule has 2 heterocycles. The Morgan fingerprint density at radius 1 is 1.08 bits per heavy atom. The van der Waals surface area contributed by atoms with Gasteiger partial charge in [-0.15, -0.1) is 10.2 Å². The molecule has 5 nitrogen and oxygen atoms in total. The Kier molecular flexibility index (Phi) is 4.74. The molecule has 0 radical (unpaired) electrons. The van der Waals surface area contributed by atoms with Crippen LogP contribution in [0.25, 0.3) is 0 Å². The number of para-hydroxylation sites is 2. The van der Waals surface area contributed by atoms with Crippen molar-refractivity contribution in [2.75, 3.05) is 6.61 Å². The molecule has 128 valence electrons. The van der Waals surface area contributed by atoms with Gasteiger partial charge in [0.15, 0.2) is 11.5 Å². The van der Waals surface area contributed by atoms with Crippen LogP contribution in [0.4, 0.5) is 0 Å². The third-order valence-corrected chi connectivity index (χ3v) is 5.03. The average Bonchev–Trinajstić information content (AvgIpc) is 3.09. The molecule has 0 saturated heterocycles. The largest absolute Gasteiger partial charge is 0.485 e. The molecule has 1 aliphatic heterocycles. The maximum atomic E-state index is 6.17. The molecule has 2 aromatic carbocycles. The SMILES string of the molecule is Clc1ccc(CSc2nnc(C3COc4ccccc4O3)o2)c(Cl)c1. The van der Waals surface area contributed by atoms with Crippen LogP contribution in [0, 0.1) is 0 Å². The maximum absolute atomic E-state index is 6.17. The molecule has 8 heteroatoms. The topological polar surface area (TPSA) is 57.4 Å². The van der Waals surface area contributed by atoms with Gasteiger partial charge in [-0.2, -0.15) is 0 Å². The third kappa shape index (κ3) is 3.71. The summed E-state index contributed by atoms with van der Waals surface area (Å²) in [4.78, 5) is 0. The van der Waals surface area contributed by atoms with Crippen molar-refractivity contribution in [3.63, 3.8) is 0 Å². The highest BCUT2D eigenvalue weighted by Gasteiger charge is 2.27. The van der Waals surface area contributed by atoms with Crippen LogP contribution in [0.5, 0.6) is 11.5 Å². The van der Waals surface area contributed by atoms with Gasteiger partial charge in [-0.3, -0.25) is 0 Å². The number of ether oxygens (including phenoxy) is 2. The van der Waals surface area contributed by atoms with Gasteiger partial charge in [-0.1, -0.05) is 53.2 Å². The van der Waals surface area contributed by atoms with Gasteiger partial charge in [-0.25, -0.2) is 0 Å². The first kappa shape index (κ1) is 16.6. The summed E-state index contributed by atoms with van der Waals surface area (Å²) in [5.41, 5.74) is 0.946. The number of thioether (sulfide) groups is 1. The van der Waals surface area contributed by atoms with E-state index in [1.165, 1.54) is 11.8 Å². The molecule has 4 rings (SSSR count). The van der Waals surface area contributed by atoms with Crippen molar-refractivity contribution in [3.8, 4) is 11.5 Å². The summed E-state index contributed by atoms with van der Waals surface area (Å²) >= 11 is 13.5. The van der Waals surface area contributed by atoms with E-state index < -0.39 is 6.10 Å². The summed E-state index contributed by atoms with van der Waals surface area (Å²) < 4.78 is 17.2. The monoisotopic (exact) mass is 394 g/mol. The smallest absolute Gasteiger partial charge is 0.277 e. The minimum absolute atomic E-state index is 0.326. The zero-order chi connectivity index (χ0) is 17.2. The summed E-state index contributed by atoms with van der Waals surface area (Å²) in [6.45, 7) is 0.326. The van der Waals surface area contributed by atoms with Gasteiger partial charge in [0.05, 0.1) is 0 Å². The van der Waals surface area contributed by atoms with Gasteiger partial charge < -0.3 is 13.9 Å². The third-order valence-electron chi connectivity index (χ3n) is 3.57. The van der Waals surface area contributed by atoms with Crippen LogP contribution in [0.3, 0.4) is 0 Å². The molecule has 0 N–H and O–H groups in total. The predicted molar refractivity (Wildman–Crippen MR) is 95.6 cm³/mol. The number of halogens is 2. The molecule has 3 aromatic rings. The van der Waals surface area contributed by atoms with Crippen LogP contribution in [-0.4, -0.2) is 16.8 Å². The molecule has 0 spiro atoms. The summed E-state index contributed by atoms with van der Waals surface area (Å²) in [5.74, 6) is 2.37. The second-order valence-corrected chi connectivity index (χ2v) is 7.07. The molecular weight excluding hydrogens is 383 g/mol. The number of fused-ring (bicyclic) bond motifs is 1. The van der Waals surface area contributed by atoms with Gasteiger partial charge in [0.25, 0.3) is 11.1 Å². The molecule has 0 amide bonds. The first-order valence-corrected chi connectivity index (χ1v) is 9.22. The quantitative estimate of drug-likeness (QED) is 0.568. The van der Waals surface area contributed by atoms with Crippen molar-refractivity contribution < 1.29 is 13.9 Å². The lowest BCUT2D eigenvalue weighted by Crippen LogP contribution is -2.21. The van der Waals surface area contributed by atoms with Crippen molar-refractivity contribution in [2.24, 2.45) is 0 Å². The van der Waals surface area contributed by atoms with Gasteiger partial charge >= 0.3 is 0 Å². The van der Waals surface area contributed by atoms with Crippen molar-refractivity contribution in [3.05, 3.63) is 64.0 Å². The average molecular weight is 395 g/mol. The highest BCUT2D eigenvalue weighted by Crippen LogP contribution is 2.36. The molecule has 0 aliphatic carbocycles. The zero-order valence-corrected chi connectivity index (χ0v) is 15.1. The standard InChI is InChI=1S/C17H12Cl2N2O3S/c18-11-6-5-10(12(19)7-11)9-25-17-21-20-16(24-17)15-8-22-13-3-1-2-4-14(13)23-15/h1-7,15H,8-9H2. The maximum Gasteiger partial charge on any atom is 0.277 e. The van der Waals surface area contributed by atoms with Gasteiger partial charge in [-0.05, 0) is 29.8 Å². The summed E-state index contributed by atoms with van der Waals surface area (Å²) in [5, 5.41) is 9.78. The molecule has 0 bridgehead atoms. The number of rotatable bonds is 4. The Labute approximate surface area is 158 Å². The van der Waals surface area contributed by atoms with E-state index >= 15 is 0 Å². The lowest BCUT2D eigenvalue weighted by atomic mass is 10.2. The summed E-state index contributed by atoms with van der Waals surface area (Å²) in [6, 6.07) is 12.9. The van der Waals surface area contributed by atoms with E-state index in [2.05, 4.69) is 10.2 Å². The lowest BCUT2D eigenvalue weighted by Gasteiger charge is -2.23. The van der Waals surface area contributed by atoms with Crippen LogP contribution < -0.4 is 9.47 Å². The van der Waals surface area contributed by atoms with E-state index in [9.17, 15) is 0 Å². The fourth-order valence-electron chi connectivity index (χ4n) is 2.33. The zero-order valence-electron chi connectivity index (χ0n) is 12.8. The molecule has 0 saturated carbocycles. The van der Waals surface area contributed by atoms with E-state index in [-0.39, 0.29) is 0 Å². The Hall–Kier alpha value is -1.89. The normalized spacial score (nSPS) is 16.0. The highest BCUT2D eigenvalue weighted by molar-refractivity contribution is 7.98. The molecule has 0 fully saturated rings. The molecule has 1 unspecified atom stereocenters. The number of nitrogens with zero attached hydrogens (tertiary/aromatic N) is 2. The van der Waals surface area contributed by atoms with Crippen molar-refractivity contribution in [1.29, 1.82) is 0 Å². The number of aromatic nitrogens is 2. The van der Waals surface area contributed by atoms with Gasteiger partial charge in [0.2, 0.25) is 6.10 Å². The van der Waals surface area contributed by atoms with E-state index in [1.807, 2.05) is 30.3 Å². The van der Waals surface area contributed by atoms with Crippen molar-refractivity contribution in [1.82, 2.24) is 10.2 Å². The van der Waals surface area contributed by atoms with Crippen LogP contribution >= 0.6 is 35.0 Å². The Morgan fingerprint density at radius 3 is 2.76 bits per heavy atom. The van der Waals surface area contributed by atoms with E-state index in [0.29, 0.717) is 45.0 Å².